The van der Waals surface area contributed by atoms with E-state index in [1.807, 2.05) is 31.2 Å². The maximum Gasteiger partial charge on any atom is 0.134 e. The average Bonchev–Trinajstić information content (AvgIpc) is 2.40. The molecular formula is C10H11NO. The number of furan rings is 1. The van der Waals surface area contributed by atoms with E-state index < -0.39 is 0 Å². The quantitative estimate of drug-likeness (QED) is 0.696. The number of hydrogen-bond donors (Lipinski definition) is 1. The van der Waals surface area contributed by atoms with E-state index in [0.717, 1.165) is 22.3 Å². The molecule has 0 saturated heterocycles. The van der Waals surface area contributed by atoms with Crippen LogP contribution in [0.1, 0.15) is 11.3 Å². The Morgan fingerprint density at radius 2 is 2.08 bits per heavy atom. The highest BCUT2D eigenvalue weighted by Crippen LogP contribution is 2.24. The lowest BCUT2D eigenvalue weighted by Crippen LogP contribution is -1.96. The van der Waals surface area contributed by atoms with Crippen molar-refractivity contribution in [2.45, 2.75) is 13.5 Å². The Morgan fingerprint density at radius 3 is 2.83 bits per heavy atom. The van der Waals surface area contributed by atoms with Crippen LogP contribution in [0.3, 0.4) is 0 Å². The predicted octanol–water partition coefficient (Wildman–Crippen LogP) is 2.20. The van der Waals surface area contributed by atoms with Crippen LogP contribution in [-0.4, -0.2) is 0 Å². The second kappa shape index (κ2) is 2.64. The molecule has 0 unspecified atom stereocenters. The maximum atomic E-state index is 5.60. The van der Waals surface area contributed by atoms with Crippen molar-refractivity contribution in [3.05, 3.63) is 35.6 Å². The van der Waals surface area contributed by atoms with E-state index in [1.54, 1.807) is 0 Å². The van der Waals surface area contributed by atoms with Crippen molar-refractivity contribution in [3.8, 4) is 0 Å². The first-order valence-corrected chi connectivity index (χ1v) is 4.00. The summed E-state index contributed by atoms with van der Waals surface area (Å²) in [5, 5.41) is 1.14. The van der Waals surface area contributed by atoms with Gasteiger partial charge in [-0.2, -0.15) is 0 Å². The topological polar surface area (TPSA) is 39.2 Å². The van der Waals surface area contributed by atoms with E-state index in [2.05, 4.69) is 0 Å². The Hall–Kier alpha value is -1.28. The van der Waals surface area contributed by atoms with E-state index in [0.29, 0.717) is 6.54 Å². The van der Waals surface area contributed by atoms with E-state index in [-0.39, 0.29) is 0 Å². The van der Waals surface area contributed by atoms with Gasteiger partial charge in [0.1, 0.15) is 11.3 Å². The Kier molecular flexibility index (Phi) is 1.62. The Labute approximate surface area is 71.0 Å². The van der Waals surface area contributed by atoms with Gasteiger partial charge in [-0.05, 0) is 13.0 Å². The molecule has 62 valence electrons. The molecular weight excluding hydrogens is 150 g/mol. The molecule has 0 aliphatic rings. The molecule has 1 aromatic heterocycles. The van der Waals surface area contributed by atoms with E-state index in [4.69, 9.17) is 10.2 Å². The second-order valence-corrected chi connectivity index (χ2v) is 2.84. The molecule has 0 saturated carbocycles. The number of fused-ring (bicyclic) bond motifs is 1. The number of nitrogens with two attached hydrogens (primary N) is 1. The van der Waals surface area contributed by atoms with Gasteiger partial charge < -0.3 is 10.2 Å². The van der Waals surface area contributed by atoms with Gasteiger partial charge in [-0.3, -0.25) is 0 Å². The van der Waals surface area contributed by atoms with Crippen LogP contribution in [0.2, 0.25) is 0 Å². The molecule has 12 heavy (non-hydrogen) atoms. The van der Waals surface area contributed by atoms with E-state index >= 15 is 0 Å². The SMILES string of the molecule is Cc1oc2ccccc2c1CN. The fraction of sp³-hybridized carbons (Fsp3) is 0.200. The highest BCUT2D eigenvalue weighted by atomic mass is 16.3. The molecule has 0 aliphatic carbocycles. The number of aryl methyl sites for hydroxylation is 1. The molecule has 0 amide bonds. The summed E-state index contributed by atoms with van der Waals surface area (Å²) < 4.78 is 5.51. The minimum absolute atomic E-state index is 0.544. The van der Waals surface area contributed by atoms with Crippen LogP contribution in [0.15, 0.2) is 28.7 Å². The molecule has 0 atom stereocenters. The first-order chi connectivity index (χ1) is 5.83. The lowest BCUT2D eigenvalue weighted by Gasteiger charge is -1.91. The minimum Gasteiger partial charge on any atom is -0.461 e. The number of para-hydroxylation sites is 1. The summed E-state index contributed by atoms with van der Waals surface area (Å²) >= 11 is 0. The molecule has 0 fully saturated rings. The molecule has 2 nitrogen and oxygen atoms in total. The molecule has 1 aromatic carbocycles. The van der Waals surface area contributed by atoms with Gasteiger partial charge in [0, 0.05) is 17.5 Å². The van der Waals surface area contributed by atoms with Crippen molar-refractivity contribution in [1.29, 1.82) is 0 Å². The summed E-state index contributed by atoms with van der Waals surface area (Å²) in [4.78, 5) is 0. The lowest BCUT2D eigenvalue weighted by atomic mass is 10.1. The lowest BCUT2D eigenvalue weighted by molar-refractivity contribution is 0.572. The third kappa shape index (κ3) is 0.924. The molecule has 0 aliphatic heterocycles. The number of benzene rings is 1. The van der Waals surface area contributed by atoms with Gasteiger partial charge in [0.15, 0.2) is 0 Å². The normalized spacial score (nSPS) is 10.8. The molecule has 2 heteroatoms. The van der Waals surface area contributed by atoms with Gasteiger partial charge in [0.05, 0.1) is 0 Å². The fourth-order valence-electron chi connectivity index (χ4n) is 1.47. The zero-order chi connectivity index (χ0) is 8.55. The summed E-state index contributed by atoms with van der Waals surface area (Å²) in [6.45, 7) is 2.49. The van der Waals surface area contributed by atoms with Gasteiger partial charge >= 0.3 is 0 Å². The highest BCUT2D eigenvalue weighted by molar-refractivity contribution is 5.82. The second-order valence-electron chi connectivity index (χ2n) is 2.84. The smallest absolute Gasteiger partial charge is 0.134 e. The van der Waals surface area contributed by atoms with Crippen molar-refractivity contribution < 1.29 is 4.42 Å². The van der Waals surface area contributed by atoms with Gasteiger partial charge in [-0.1, -0.05) is 18.2 Å². The summed E-state index contributed by atoms with van der Waals surface area (Å²) in [6, 6.07) is 7.96. The summed E-state index contributed by atoms with van der Waals surface area (Å²) in [5.41, 5.74) is 7.64. The fourth-order valence-corrected chi connectivity index (χ4v) is 1.47. The van der Waals surface area contributed by atoms with Crippen LogP contribution >= 0.6 is 0 Å². The summed E-state index contributed by atoms with van der Waals surface area (Å²) in [5.74, 6) is 0.929. The van der Waals surface area contributed by atoms with Gasteiger partial charge in [-0.25, -0.2) is 0 Å². The van der Waals surface area contributed by atoms with Gasteiger partial charge in [0.2, 0.25) is 0 Å². The first kappa shape index (κ1) is 7.37. The van der Waals surface area contributed by atoms with Gasteiger partial charge in [0.25, 0.3) is 0 Å². The number of hydrogen-bond acceptors (Lipinski definition) is 2. The van der Waals surface area contributed by atoms with Gasteiger partial charge in [-0.15, -0.1) is 0 Å². The van der Waals surface area contributed by atoms with Crippen LogP contribution in [0.4, 0.5) is 0 Å². The zero-order valence-corrected chi connectivity index (χ0v) is 7.00. The van der Waals surface area contributed by atoms with E-state index in [1.165, 1.54) is 0 Å². The minimum atomic E-state index is 0.544. The zero-order valence-electron chi connectivity index (χ0n) is 7.00. The van der Waals surface area contributed by atoms with Crippen molar-refractivity contribution in [1.82, 2.24) is 0 Å². The Balaban J connectivity index is 2.81. The molecule has 0 bridgehead atoms. The Bertz CT molecular complexity index is 403. The van der Waals surface area contributed by atoms with E-state index in [9.17, 15) is 0 Å². The van der Waals surface area contributed by atoms with Crippen LogP contribution in [0.5, 0.6) is 0 Å². The molecule has 1 heterocycles. The molecule has 0 radical (unpaired) electrons. The molecule has 0 spiro atoms. The maximum absolute atomic E-state index is 5.60. The predicted molar refractivity (Wildman–Crippen MR) is 48.8 cm³/mol. The van der Waals surface area contributed by atoms with Crippen molar-refractivity contribution in [2.24, 2.45) is 5.73 Å². The highest BCUT2D eigenvalue weighted by Gasteiger charge is 2.07. The Morgan fingerprint density at radius 1 is 1.33 bits per heavy atom. The monoisotopic (exact) mass is 161 g/mol. The molecule has 2 aromatic rings. The third-order valence-corrected chi connectivity index (χ3v) is 2.10. The average molecular weight is 161 g/mol. The summed E-state index contributed by atoms with van der Waals surface area (Å²) in [6.07, 6.45) is 0. The first-order valence-electron chi connectivity index (χ1n) is 4.00. The van der Waals surface area contributed by atoms with Crippen molar-refractivity contribution in [3.63, 3.8) is 0 Å². The van der Waals surface area contributed by atoms with Crippen molar-refractivity contribution in [2.75, 3.05) is 0 Å². The van der Waals surface area contributed by atoms with Crippen LogP contribution in [-0.2, 0) is 6.54 Å². The van der Waals surface area contributed by atoms with Crippen LogP contribution < -0.4 is 5.73 Å². The standard InChI is InChI=1S/C10H11NO/c1-7-9(6-11)8-4-2-3-5-10(8)12-7/h2-5H,6,11H2,1H3. The van der Waals surface area contributed by atoms with Crippen molar-refractivity contribution >= 4 is 11.0 Å². The molecule has 2 N–H and O–H groups in total. The number of rotatable bonds is 1. The third-order valence-electron chi connectivity index (χ3n) is 2.10. The van der Waals surface area contributed by atoms with Crippen LogP contribution in [0, 0.1) is 6.92 Å². The molecule has 2 rings (SSSR count). The summed E-state index contributed by atoms with van der Waals surface area (Å²) in [7, 11) is 0. The van der Waals surface area contributed by atoms with Crippen LogP contribution in [0.25, 0.3) is 11.0 Å². The largest absolute Gasteiger partial charge is 0.461 e.